The lowest BCUT2D eigenvalue weighted by Crippen LogP contribution is -2.45. The number of esters is 1. The smallest absolute Gasteiger partial charge is 0.338 e. The van der Waals surface area contributed by atoms with E-state index in [2.05, 4.69) is 21.2 Å². The van der Waals surface area contributed by atoms with Crippen molar-refractivity contribution in [2.45, 2.75) is 40.7 Å². The minimum atomic E-state index is -0.773. The number of nitrogens with one attached hydrogen (secondary N) is 3. The first-order valence-electron chi connectivity index (χ1n) is 13.9. The Morgan fingerprint density at radius 1 is 1.05 bits per heavy atom. The van der Waals surface area contributed by atoms with Gasteiger partial charge in [-0.05, 0) is 82.6 Å². The minimum Gasteiger partial charge on any atom is -0.493 e. The van der Waals surface area contributed by atoms with Crippen LogP contribution in [-0.2, 0) is 14.3 Å². The largest absolute Gasteiger partial charge is 0.493 e. The van der Waals surface area contributed by atoms with Crippen molar-refractivity contribution in [3.63, 3.8) is 0 Å². The highest BCUT2D eigenvalue weighted by Crippen LogP contribution is 2.34. The van der Waals surface area contributed by atoms with Crippen LogP contribution in [0.25, 0.3) is 5.69 Å². The number of urea groups is 1. The minimum absolute atomic E-state index is 0.00447. The molecule has 0 saturated carbocycles. The fourth-order valence-electron chi connectivity index (χ4n) is 4.92. The van der Waals surface area contributed by atoms with Gasteiger partial charge in [0.1, 0.15) is 0 Å². The zero-order chi connectivity index (χ0) is 32.0. The Labute approximate surface area is 255 Å². The Balaban J connectivity index is 1.41. The molecule has 0 unspecified atom stereocenters. The molecule has 1 aliphatic rings. The van der Waals surface area contributed by atoms with Crippen molar-refractivity contribution in [3.05, 3.63) is 87.9 Å². The zero-order valence-electron chi connectivity index (χ0n) is 25.4. The summed E-state index contributed by atoms with van der Waals surface area (Å²) in [6.45, 7) is 8.60. The molecule has 1 aromatic heterocycles. The van der Waals surface area contributed by atoms with Gasteiger partial charge in [-0.3, -0.25) is 9.59 Å². The molecular weight excluding hydrogens is 566 g/mol. The molecule has 12 heteroatoms. The standard InChI is InChI=1S/C32H35N5O7/c1-7-43-31(40)29-19(3)34-32(41)35-30(29)23-10-13-26(27(15-23)42-6)44-17-28(39)36-33-16-24-14-18(2)37(20(24)4)25-11-8-22(9-12-25)21(5)38/h8-16,30H,7,17H2,1-6H3,(H,36,39)(H2,34,35,41)/b33-16-/t30-/m1/s1. The molecule has 230 valence electrons. The highest BCUT2D eigenvalue weighted by Gasteiger charge is 2.32. The lowest BCUT2D eigenvalue weighted by Gasteiger charge is -2.28. The quantitative estimate of drug-likeness (QED) is 0.130. The third kappa shape index (κ3) is 6.97. The second-order valence-electron chi connectivity index (χ2n) is 10.0. The van der Waals surface area contributed by atoms with Crippen molar-refractivity contribution in [3.8, 4) is 17.2 Å². The number of methoxy groups -OCH3 is 1. The molecular formula is C32H35N5O7. The molecule has 3 aromatic rings. The number of ether oxygens (including phenoxy) is 3. The summed E-state index contributed by atoms with van der Waals surface area (Å²) >= 11 is 0. The maximum Gasteiger partial charge on any atom is 0.338 e. The third-order valence-electron chi connectivity index (χ3n) is 7.04. The van der Waals surface area contributed by atoms with Crippen molar-refractivity contribution in [2.75, 3.05) is 20.3 Å². The van der Waals surface area contributed by atoms with Crippen molar-refractivity contribution >= 4 is 29.9 Å². The van der Waals surface area contributed by atoms with Crippen LogP contribution in [0.5, 0.6) is 11.5 Å². The molecule has 1 atom stereocenters. The molecule has 0 radical (unpaired) electrons. The average molecular weight is 602 g/mol. The maximum atomic E-state index is 12.6. The zero-order valence-corrected chi connectivity index (χ0v) is 25.4. The van der Waals surface area contributed by atoms with E-state index in [0.29, 0.717) is 22.6 Å². The number of amides is 3. The number of nitrogens with zero attached hydrogens (tertiary/aromatic N) is 2. The lowest BCUT2D eigenvalue weighted by atomic mass is 9.95. The van der Waals surface area contributed by atoms with Gasteiger partial charge in [0.15, 0.2) is 23.9 Å². The van der Waals surface area contributed by atoms with Crippen LogP contribution in [0.1, 0.15) is 59.7 Å². The van der Waals surface area contributed by atoms with E-state index in [-0.39, 0.29) is 30.3 Å². The monoisotopic (exact) mass is 601 g/mol. The number of carbonyl (C=O) groups is 4. The molecule has 0 spiro atoms. The number of rotatable bonds is 11. The summed E-state index contributed by atoms with van der Waals surface area (Å²) in [6.07, 6.45) is 1.56. The summed E-state index contributed by atoms with van der Waals surface area (Å²) in [5, 5.41) is 9.41. The molecule has 0 aliphatic carbocycles. The van der Waals surface area contributed by atoms with Crippen LogP contribution in [0, 0.1) is 13.8 Å². The van der Waals surface area contributed by atoms with E-state index in [1.807, 2.05) is 36.6 Å². The first kappa shape index (κ1) is 31.5. The summed E-state index contributed by atoms with van der Waals surface area (Å²) < 4.78 is 18.4. The van der Waals surface area contributed by atoms with Crippen LogP contribution in [0.15, 0.2) is 64.9 Å². The van der Waals surface area contributed by atoms with Gasteiger partial charge in [0, 0.05) is 33.9 Å². The predicted molar refractivity (Wildman–Crippen MR) is 163 cm³/mol. The predicted octanol–water partition coefficient (Wildman–Crippen LogP) is 4.03. The lowest BCUT2D eigenvalue weighted by molar-refractivity contribution is -0.139. The second-order valence-corrected chi connectivity index (χ2v) is 10.0. The van der Waals surface area contributed by atoms with Gasteiger partial charge in [0.2, 0.25) is 0 Å². The van der Waals surface area contributed by atoms with Gasteiger partial charge in [-0.25, -0.2) is 15.0 Å². The highest BCUT2D eigenvalue weighted by atomic mass is 16.5. The number of hydrazone groups is 1. The van der Waals surface area contributed by atoms with Gasteiger partial charge in [-0.2, -0.15) is 5.10 Å². The molecule has 4 rings (SSSR count). The normalized spacial score (nSPS) is 14.6. The number of ketones is 1. The second kappa shape index (κ2) is 13.7. The van der Waals surface area contributed by atoms with E-state index in [1.54, 1.807) is 50.4 Å². The molecule has 12 nitrogen and oxygen atoms in total. The van der Waals surface area contributed by atoms with Crippen molar-refractivity contribution in [2.24, 2.45) is 5.10 Å². The average Bonchev–Trinajstić information content (AvgIpc) is 3.27. The Morgan fingerprint density at radius 2 is 1.77 bits per heavy atom. The van der Waals surface area contributed by atoms with E-state index in [1.165, 1.54) is 14.0 Å². The Hall–Kier alpha value is -5.39. The van der Waals surface area contributed by atoms with Gasteiger partial charge < -0.3 is 29.4 Å². The highest BCUT2D eigenvalue weighted by molar-refractivity contribution is 5.95. The van der Waals surface area contributed by atoms with Crippen LogP contribution in [0.4, 0.5) is 4.79 Å². The van der Waals surface area contributed by atoms with Crippen LogP contribution in [0.2, 0.25) is 0 Å². The summed E-state index contributed by atoms with van der Waals surface area (Å²) in [5.74, 6) is -0.451. The fourth-order valence-corrected chi connectivity index (χ4v) is 4.92. The number of Topliss-reactive ketones (excluding diaryl/α,β-unsaturated/α-hetero) is 1. The summed E-state index contributed by atoms with van der Waals surface area (Å²) in [6, 6.07) is 12.9. The number of aryl methyl sites for hydroxylation is 1. The SMILES string of the molecule is CCOC(=O)C1=C(C)NC(=O)N[C@@H]1c1ccc(OCC(=O)N/N=C\c2cc(C)n(-c3ccc(C(C)=O)cc3)c2C)c(OC)c1. The van der Waals surface area contributed by atoms with Gasteiger partial charge in [0.25, 0.3) is 5.91 Å². The van der Waals surface area contributed by atoms with Crippen molar-refractivity contribution in [1.82, 2.24) is 20.6 Å². The van der Waals surface area contributed by atoms with E-state index >= 15 is 0 Å². The van der Waals surface area contributed by atoms with Gasteiger partial charge in [-0.1, -0.05) is 6.07 Å². The molecule has 44 heavy (non-hydrogen) atoms. The number of hydrogen-bond donors (Lipinski definition) is 3. The van der Waals surface area contributed by atoms with E-state index < -0.39 is 23.9 Å². The number of hydrogen-bond acceptors (Lipinski definition) is 8. The maximum absolute atomic E-state index is 12.6. The fraction of sp³-hybridized carbons (Fsp3) is 0.281. The van der Waals surface area contributed by atoms with Crippen LogP contribution >= 0.6 is 0 Å². The number of aromatic nitrogens is 1. The third-order valence-corrected chi connectivity index (χ3v) is 7.04. The molecule has 2 heterocycles. The summed E-state index contributed by atoms with van der Waals surface area (Å²) in [5.41, 5.74) is 7.93. The van der Waals surface area contributed by atoms with Crippen molar-refractivity contribution in [1.29, 1.82) is 0 Å². The van der Waals surface area contributed by atoms with Gasteiger partial charge in [0.05, 0.1) is 31.5 Å². The molecule has 3 amide bonds. The molecule has 0 saturated heterocycles. The molecule has 0 fully saturated rings. The molecule has 3 N–H and O–H groups in total. The molecule has 1 aliphatic heterocycles. The number of allylic oxidation sites excluding steroid dienone is 1. The van der Waals surface area contributed by atoms with Gasteiger partial charge >= 0.3 is 12.0 Å². The van der Waals surface area contributed by atoms with Crippen molar-refractivity contribution < 1.29 is 33.4 Å². The molecule has 0 bridgehead atoms. The molecule has 2 aromatic carbocycles. The van der Waals surface area contributed by atoms with Crippen LogP contribution < -0.4 is 25.5 Å². The van der Waals surface area contributed by atoms with Crippen LogP contribution in [0.3, 0.4) is 0 Å². The van der Waals surface area contributed by atoms with E-state index in [9.17, 15) is 19.2 Å². The Morgan fingerprint density at radius 3 is 2.43 bits per heavy atom. The first-order valence-corrected chi connectivity index (χ1v) is 13.9. The van der Waals surface area contributed by atoms with Crippen LogP contribution in [-0.4, -0.2) is 54.8 Å². The topological polar surface area (TPSA) is 149 Å². The Bertz CT molecular complexity index is 1650. The number of carbonyl (C=O) groups excluding carboxylic acids is 4. The Kier molecular flexibility index (Phi) is 9.84. The summed E-state index contributed by atoms with van der Waals surface area (Å²) in [7, 11) is 1.44. The van der Waals surface area contributed by atoms with Gasteiger partial charge in [-0.15, -0.1) is 0 Å². The first-order chi connectivity index (χ1) is 21.0. The number of benzene rings is 2. The van der Waals surface area contributed by atoms with E-state index in [0.717, 1.165) is 22.6 Å². The van der Waals surface area contributed by atoms with E-state index in [4.69, 9.17) is 14.2 Å². The summed E-state index contributed by atoms with van der Waals surface area (Å²) in [4.78, 5) is 48.9.